The fourth-order valence-electron chi connectivity index (χ4n) is 1.29. The van der Waals surface area contributed by atoms with Crippen molar-refractivity contribution in [2.24, 2.45) is 0 Å². The number of hydrogen-bond donors (Lipinski definition) is 2. The second-order valence-corrected chi connectivity index (χ2v) is 3.75. The molecule has 0 unspecified atom stereocenters. The molecule has 0 aromatic rings. The van der Waals surface area contributed by atoms with Crippen molar-refractivity contribution in [3.8, 4) is 0 Å². The molecule has 0 heterocycles. The largest absolute Gasteiger partial charge is 0.480 e. The predicted octanol–water partition coefficient (Wildman–Crippen LogP) is -0.369. The Morgan fingerprint density at radius 2 is 2.11 bits per heavy atom. The highest BCUT2D eigenvalue weighted by atomic mass is 16.5. The van der Waals surface area contributed by atoms with E-state index in [1.165, 1.54) is 6.92 Å². The van der Waals surface area contributed by atoms with Crippen LogP contribution in [0.5, 0.6) is 0 Å². The van der Waals surface area contributed by atoms with Crippen molar-refractivity contribution < 1.29 is 29.0 Å². The molecular weight excluding hydrogens is 254 g/mol. The lowest BCUT2D eigenvalue weighted by Crippen LogP contribution is -2.45. The Hall–Kier alpha value is -2.05. The summed E-state index contributed by atoms with van der Waals surface area (Å²) in [6.07, 6.45) is -0.319. The van der Waals surface area contributed by atoms with E-state index in [1.807, 2.05) is 0 Å². The van der Waals surface area contributed by atoms with E-state index in [-0.39, 0.29) is 12.8 Å². The number of ether oxygens (including phenoxy) is 1. The minimum Gasteiger partial charge on any atom is -0.480 e. The Labute approximate surface area is 110 Å². The summed E-state index contributed by atoms with van der Waals surface area (Å²) >= 11 is 0. The summed E-state index contributed by atoms with van der Waals surface area (Å²) in [5, 5.41) is 11.2. The summed E-state index contributed by atoms with van der Waals surface area (Å²) < 4.78 is 5.02. The summed E-state index contributed by atoms with van der Waals surface area (Å²) in [4.78, 5) is 36.1. The third-order valence-corrected chi connectivity index (χ3v) is 2.28. The van der Waals surface area contributed by atoms with E-state index < -0.39 is 29.8 Å². The van der Waals surface area contributed by atoms with Crippen molar-refractivity contribution in [2.45, 2.75) is 38.8 Å². The summed E-state index contributed by atoms with van der Waals surface area (Å²) in [5.74, 6) is -2.33. The van der Waals surface area contributed by atoms with Crippen LogP contribution in [0.2, 0.25) is 0 Å². The van der Waals surface area contributed by atoms with Gasteiger partial charge in [0.2, 0.25) is 11.7 Å². The normalized spacial score (nSPS) is 12.9. The Bertz CT molecular complexity index is 390. The van der Waals surface area contributed by atoms with Gasteiger partial charge in [0.25, 0.3) is 0 Å². The van der Waals surface area contributed by atoms with Crippen molar-refractivity contribution in [1.29, 1.82) is 0 Å². The molecule has 2 atom stereocenters. The number of aliphatic carboxylic acids is 1. The highest BCUT2D eigenvalue weighted by Crippen LogP contribution is 2.00. The quantitative estimate of drug-likeness (QED) is 0.336. The number of carbonyl (C=O) groups excluding carboxylic acids is 2. The zero-order valence-corrected chi connectivity index (χ0v) is 10.8. The van der Waals surface area contributed by atoms with E-state index in [1.54, 1.807) is 6.92 Å². The van der Waals surface area contributed by atoms with Gasteiger partial charge in [-0.25, -0.2) is 4.79 Å². The maximum atomic E-state index is 11.6. The van der Waals surface area contributed by atoms with Gasteiger partial charge in [-0.2, -0.15) is 4.79 Å². The van der Waals surface area contributed by atoms with Crippen molar-refractivity contribution in [3.05, 3.63) is 5.53 Å². The minimum absolute atomic E-state index is 0.0925. The lowest BCUT2D eigenvalue weighted by molar-refractivity contribution is -0.144. The average Bonchev–Trinajstić information content (AvgIpc) is 2.34. The fourth-order valence-corrected chi connectivity index (χ4v) is 1.29. The monoisotopic (exact) mass is 271 g/mol. The molecule has 0 saturated carbocycles. The van der Waals surface area contributed by atoms with Crippen LogP contribution >= 0.6 is 0 Å². The molecule has 0 aromatic carbocycles. The second-order valence-electron chi connectivity index (χ2n) is 3.75. The zero-order chi connectivity index (χ0) is 14.8. The van der Waals surface area contributed by atoms with Crippen LogP contribution < -0.4 is 5.32 Å². The van der Waals surface area contributed by atoms with Crippen LogP contribution in [-0.4, -0.2) is 52.5 Å². The molecule has 0 aliphatic rings. The first-order valence-corrected chi connectivity index (χ1v) is 5.77. The molecule has 19 heavy (non-hydrogen) atoms. The lowest BCUT2D eigenvalue weighted by Gasteiger charge is -2.17. The standard InChI is InChI=1S/C11H17N3O5/c1-3-19-7(2)10(16)14-9(11(17)18)5-4-8(15)6-13-12/h6-7,9H,3-5H2,1-2H3,(H,14,16)(H,17,18)/t7-,9-/m0/s1. The third-order valence-electron chi connectivity index (χ3n) is 2.28. The van der Waals surface area contributed by atoms with Gasteiger partial charge in [-0.15, -0.1) is 0 Å². The van der Waals surface area contributed by atoms with Crippen LogP contribution in [-0.2, 0) is 19.1 Å². The number of rotatable bonds is 9. The van der Waals surface area contributed by atoms with Crippen LogP contribution in [0.1, 0.15) is 26.7 Å². The Balaban J connectivity index is 4.42. The molecule has 2 N–H and O–H groups in total. The maximum Gasteiger partial charge on any atom is 0.326 e. The second kappa shape index (κ2) is 8.96. The molecule has 8 heteroatoms. The topological polar surface area (TPSA) is 129 Å². The van der Waals surface area contributed by atoms with Crippen LogP contribution in [0.15, 0.2) is 0 Å². The number of Topliss-reactive ketones (excluding diaryl/α,β-unsaturated/α-hetero) is 1. The number of amides is 1. The van der Waals surface area contributed by atoms with Crippen molar-refractivity contribution in [1.82, 2.24) is 5.32 Å². The van der Waals surface area contributed by atoms with Crippen LogP contribution in [0.3, 0.4) is 0 Å². The van der Waals surface area contributed by atoms with Crippen molar-refractivity contribution in [3.63, 3.8) is 0 Å². The van der Waals surface area contributed by atoms with Gasteiger partial charge in [-0.3, -0.25) is 9.59 Å². The summed E-state index contributed by atoms with van der Waals surface area (Å²) in [7, 11) is 0. The molecule has 106 valence electrons. The summed E-state index contributed by atoms with van der Waals surface area (Å²) in [6, 6.07) is -1.19. The number of carboxylic acids is 1. The third kappa shape index (κ3) is 7.07. The minimum atomic E-state index is -1.24. The Morgan fingerprint density at radius 3 is 2.58 bits per heavy atom. The summed E-state index contributed by atoms with van der Waals surface area (Å²) in [5.41, 5.74) is 8.13. The van der Waals surface area contributed by atoms with Gasteiger partial charge >= 0.3 is 12.2 Å². The molecular formula is C11H17N3O5. The highest BCUT2D eigenvalue weighted by Gasteiger charge is 2.23. The van der Waals surface area contributed by atoms with E-state index in [4.69, 9.17) is 15.4 Å². The van der Waals surface area contributed by atoms with Gasteiger partial charge in [-0.1, -0.05) is 0 Å². The van der Waals surface area contributed by atoms with E-state index in [0.29, 0.717) is 12.8 Å². The first-order chi connectivity index (χ1) is 8.92. The van der Waals surface area contributed by atoms with Gasteiger partial charge < -0.3 is 20.7 Å². The Kier molecular flexibility index (Phi) is 7.99. The SMILES string of the molecule is CCO[C@@H](C)C(=O)N[C@@H](CCC(=O)C=[N+]=[N-])C(=O)O. The smallest absolute Gasteiger partial charge is 0.326 e. The predicted molar refractivity (Wildman–Crippen MR) is 64.6 cm³/mol. The van der Waals surface area contributed by atoms with E-state index in [0.717, 1.165) is 0 Å². The maximum absolute atomic E-state index is 11.6. The molecule has 0 aliphatic heterocycles. The van der Waals surface area contributed by atoms with Gasteiger partial charge in [0.15, 0.2) is 0 Å². The number of carbonyl (C=O) groups is 3. The van der Waals surface area contributed by atoms with Gasteiger partial charge in [0, 0.05) is 13.0 Å². The Morgan fingerprint density at radius 1 is 1.47 bits per heavy atom. The van der Waals surface area contributed by atoms with E-state index in [2.05, 4.69) is 10.1 Å². The molecule has 0 saturated heterocycles. The van der Waals surface area contributed by atoms with Crippen molar-refractivity contribution >= 4 is 23.9 Å². The molecule has 0 aliphatic carbocycles. The molecule has 0 radical (unpaired) electrons. The highest BCUT2D eigenvalue weighted by molar-refractivity contribution is 6.25. The molecule has 1 amide bonds. The molecule has 8 nitrogen and oxygen atoms in total. The number of carboxylic acid groups (broad SMARTS) is 1. The first kappa shape index (κ1) is 16.9. The molecule has 0 aromatic heterocycles. The number of nitrogens with zero attached hydrogens (tertiary/aromatic N) is 2. The number of hydrogen-bond acceptors (Lipinski definition) is 4. The molecule has 0 rings (SSSR count). The summed E-state index contributed by atoms with van der Waals surface area (Å²) in [6.45, 7) is 3.55. The zero-order valence-electron chi connectivity index (χ0n) is 10.8. The van der Waals surface area contributed by atoms with E-state index >= 15 is 0 Å². The van der Waals surface area contributed by atoms with Crippen LogP contribution in [0, 0.1) is 0 Å². The van der Waals surface area contributed by atoms with Gasteiger partial charge in [0.1, 0.15) is 12.1 Å². The van der Waals surface area contributed by atoms with E-state index in [9.17, 15) is 14.4 Å². The number of ketones is 1. The first-order valence-electron chi connectivity index (χ1n) is 5.77. The molecule has 0 bridgehead atoms. The van der Waals surface area contributed by atoms with Gasteiger partial charge in [-0.05, 0) is 20.3 Å². The van der Waals surface area contributed by atoms with Gasteiger partial charge in [0.05, 0.1) is 0 Å². The lowest BCUT2D eigenvalue weighted by atomic mass is 10.1. The molecule has 0 fully saturated rings. The molecule has 0 spiro atoms. The number of nitrogens with one attached hydrogen (secondary N) is 1. The van der Waals surface area contributed by atoms with Crippen LogP contribution in [0.4, 0.5) is 0 Å². The average molecular weight is 271 g/mol. The van der Waals surface area contributed by atoms with Crippen LogP contribution in [0.25, 0.3) is 5.53 Å². The fraction of sp³-hybridized carbons (Fsp3) is 0.636. The van der Waals surface area contributed by atoms with Crippen molar-refractivity contribution in [2.75, 3.05) is 6.61 Å².